The Morgan fingerprint density at radius 3 is 2.30 bits per heavy atom. The van der Waals surface area contributed by atoms with E-state index in [0.29, 0.717) is 12.1 Å². The van der Waals surface area contributed by atoms with Gasteiger partial charge in [0.05, 0.1) is 0 Å². The lowest BCUT2D eigenvalue weighted by molar-refractivity contribution is 0.157. The lowest BCUT2D eigenvalue weighted by Gasteiger charge is -2.41. The molecule has 0 spiro atoms. The van der Waals surface area contributed by atoms with E-state index in [1.54, 1.807) is 0 Å². The molecule has 0 radical (unpaired) electrons. The summed E-state index contributed by atoms with van der Waals surface area (Å²) in [6.45, 7) is 11.9. The van der Waals surface area contributed by atoms with Crippen molar-refractivity contribution in [3.05, 3.63) is 35.9 Å². The predicted molar refractivity (Wildman–Crippen MR) is 87.7 cm³/mol. The molecule has 0 aromatic heterocycles. The third-order valence-electron chi connectivity index (χ3n) is 5.09. The second kappa shape index (κ2) is 6.30. The average molecular weight is 273 g/mol. The maximum Gasteiger partial charge on any atom is 0.0371 e. The Hall–Kier alpha value is -0.820. The summed E-state index contributed by atoms with van der Waals surface area (Å²) in [6.07, 6.45) is 4.09. The maximum absolute atomic E-state index is 3.99. The van der Waals surface area contributed by atoms with E-state index in [4.69, 9.17) is 0 Å². The Labute approximate surface area is 125 Å². The molecule has 1 fully saturated rings. The van der Waals surface area contributed by atoms with Crippen LogP contribution in [0.1, 0.15) is 65.5 Å². The first-order valence-electron chi connectivity index (χ1n) is 8.20. The first-order chi connectivity index (χ1) is 9.39. The molecule has 1 saturated carbocycles. The van der Waals surface area contributed by atoms with Crippen molar-refractivity contribution in [2.24, 2.45) is 17.3 Å². The van der Waals surface area contributed by atoms with Gasteiger partial charge in [0.15, 0.2) is 0 Å². The standard InChI is InChI=1S/C19H31N/c1-14-10-9-13-17(15(14)2)20-18(19(3,4)5)16-11-7-6-8-12-16/h6-8,11-12,14-15,17-18,20H,9-10,13H2,1-5H3. The lowest BCUT2D eigenvalue weighted by atomic mass is 9.75. The van der Waals surface area contributed by atoms with E-state index in [1.165, 1.54) is 24.8 Å². The van der Waals surface area contributed by atoms with E-state index in [2.05, 4.69) is 70.3 Å². The van der Waals surface area contributed by atoms with E-state index < -0.39 is 0 Å². The Morgan fingerprint density at radius 1 is 1.05 bits per heavy atom. The molecule has 1 aliphatic rings. The van der Waals surface area contributed by atoms with Crippen molar-refractivity contribution in [1.82, 2.24) is 5.32 Å². The minimum Gasteiger partial charge on any atom is -0.306 e. The molecule has 20 heavy (non-hydrogen) atoms. The minimum absolute atomic E-state index is 0.238. The van der Waals surface area contributed by atoms with Crippen LogP contribution in [0.25, 0.3) is 0 Å². The molecular formula is C19H31N. The van der Waals surface area contributed by atoms with Gasteiger partial charge >= 0.3 is 0 Å². The first kappa shape index (κ1) is 15.6. The van der Waals surface area contributed by atoms with Gasteiger partial charge in [-0.25, -0.2) is 0 Å². The van der Waals surface area contributed by atoms with Gasteiger partial charge in [0, 0.05) is 12.1 Å². The number of hydrogen-bond acceptors (Lipinski definition) is 1. The van der Waals surface area contributed by atoms with Crippen molar-refractivity contribution in [2.75, 3.05) is 0 Å². The highest BCUT2D eigenvalue weighted by atomic mass is 15.0. The fourth-order valence-electron chi connectivity index (χ4n) is 3.52. The zero-order chi connectivity index (χ0) is 14.8. The molecule has 4 unspecified atom stereocenters. The quantitative estimate of drug-likeness (QED) is 0.799. The molecule has 2 rings (SSSR count). The van der Waals surface area contributed by atoms with Crippen LogP contribution in [0.5, 0.6) is 0 Å². The van der Waals surface area contributed by atoms with Crippen LogP contribution in [0.4, 0.5) is 0 Å². The van der Waals surface area contributed by atoms with E-state index in [-0.39, 0.29) is 5.41 Å². The van der Waals surface area contributed by atoms with Gasteiger partial charge in [0.2, 0.25) is 0 Å². The van der Waals surface area contributed by atoms with Crippen LogP contribution < -0.4 is 5.32 Å². The highest BCUT2D eigenvalue weighted by Gasteiger charge is 2.33. The van der Waals surface area contributed by atoms with E-state index in [9.17, 15) is 0 Å². The average Bonchev–Trinajstić information content (AvgIpc) is 2.40. The third kappa shape index (κ3) is 3.63. The van der Waals surface area contributed by atoms with Crippen LogP contribution in [0.15, 0.2) is 30.3 Å². The third-order valence-corrected chi connectivity index (χ3v) is 5.09. The van der Waals surface area contributed by atoms with E-state index in [0.717, 1.165) is 11.8 Å². The molecule has 112 valence electrons. The molecule has 0 amide bonds. The van der Waals surface area contributed by atoms with Crippen molar-refractivity contribution >= 4 is 0 Å². The minimum atomic E-state index is 0.238. The number of rotatable bonds is 3. The zero-order valence-corrected chi connectivity index (χ0v) is 13.8. The Morgan fingerprint density at radius 2 is 1.70 bits per heavy atom. The molecule has 0 bridgehead atoms. The summed E-state index contributed by atoms with van der Waals surface area (Å²) in [7, 11) is 0. The maximum atomic E-state index is 3.99. The molecule has 1 aromatic rings. The summed E-state index contributed by atoms with van der Waals surface area (Å²) in [4.78, 5) is 0. The second-order valence-corrected chi connectivity index (χ2v) is 7.75. The monoisotopic (exact) mass is 273 g/mol. The van der Waals surface area contributed by atoms with Crippen molar-refractivity contribution < 1.29 is 0 Å². The summed E-state index contributed by atoms with van der Waals surface area (Å²) >= 11 is 0. The van der Waals surface area contributed by atoms with Crippen LogP contribution in [-0.4, -0.2) is 6.04 Å². The van der Waals surface area contributed by atoms with Gasteiger partial charge in [0.1, 0.15) is 0 Å². The van der Waals surface area contributed by atoms with Crippen molar-refractivity contribution in [1.29, 1.82) is 0 Å². The molecule has 1 heteroatoms. The smallest absolute Gasteiger partial charge is 0.0371 e. The van der Waals surface area contributed by atoms with Crippen molar-refractivity contribution in [3.8, 4) is 0 Å². The summed E-state index contributed by atoms with van der Waals surface area (Å²) in [6, 6.07) is 12.0. The largest absolute Gasteiger partial charge is 0.306 e. The Kier molecular flexibility index (Phi) is 4.90. The second-order valence-electron chi connectivity index (χ2n) is 7.75. The molecular weight excluding hydrogens is 242 g/mol. The summed E-state index contributed by atoms with van der Waals surface area (Å²) < 4.78 is 0. The molecule has 1 aliphatic carbocycles. The zero-order valence-electron chi connectivity index (χ0n) is 13.8. The normalized spacial score (nSPS) is 29.1. The Balaban J connectivity index is 2.17. The van der Waals surface area contributed by atoms with Gasteiger partial charge in [-0.1, -0.05) is 77.8 Å². The molecule has 1 N–H and O–H groups in total. The van der Waals surface area contributed by atoms with Crippen molar-refractivity contribution in [3.63, 3.8) is 0 Å². The highest BCUT2D eigenvalue weighted by Crippen LogP contribution is 2.37. The van der Waals surface area contributed by atoms with Crippen LogP contribution in [-0.2, 0) is 0 Å². The molecule has 0 aliphatic heterocycles. The Bertz CT molecular complexity index is 404. The molecule has 4 atom stereocenters. The number of benzene rings is 1. The summed E-state index contributed by atoms with van der Waals surface area (Å²) in [5.41, 5.74) is 1.66. The highest BCUT2D eigenvalue weighted by molar-refractivity contribution is 5.21. The fraction of sp³-hybridized carbons (Fsp3) is 0.684. The van der Waals surface area contributed by atoms with Gasteiger partial charge < -0.3 is 5.32 Å². The van der Waals surface area contributed by atoms with Gasteiger partial charge in [-0.15, -0.1) is 0 Å². The molecule has 0 heterocycles. The van der Waals surface area contributed by atoms with Crippen LogP contribution >= 0.6 is 0 Å². The van der Waals surface area contributed by atoms with Crippen LogP contribution in [0, 0.1) is 17.3 Å². The number of nitrogens with one attached hydrogen (secondary N) is 1. The van der Waals surface area contributed by atoms with Gasteiger partial charge in [-0.3, -0.25) is 0 Å². The molecule has 0 saturated heterocycles. The fourth-order valence-corrected chi connectivity index (χ4v) is 3.52. The van der Waals surface area contributed by atoms with E-state index in [1.807, 2.05) is 0 Å². The lowest BCUT2D eigenvalue weighted by Crippen LogP contribution is -2.45. The summed E-state index contributed by atoms with van der Waals surface area (Å²) in [5, 5.41) is 3.99. The van der Waals surface area contributed by atoms with Crippen LogP contribution in [0.3, 0.4) is 0 Å². The van der Waals surface area contributed by atoms with E-state index >= 15 is 0 Å². The number of hydrogen-bond donors (Lipinski definition) is 1. The SMILES string of the molecule is CC1CCCC(NC(c2ccccc2)C(C)(C)C)C1C. The topological polar surface area (TPSA) is 12.0 Å². The van der Waals surface area contributed by atoms with Crippen LogP contribution in [0.2, 0.25) is 0 Å². The molecule has 1 aromatic carbocycles. The predicted octanol–water partition coefficient (Wildman–Crippen LogP) is 5.19. The summed E-state index contributed by atoms with van der Waals surface area (Å²) in [5.74, 6) is 1.62. The molecule has 1 nitrogen and oxygen atoms in total. The van der Waals surface area contributed by atoms with Crippen molar-refractivity contribution in [2.45, 2.75) is 66.0 Å². The van der Waals surface area contributed by atoms with Gasteiger partial charge in [-0.05, 0) is 29.2 Å². The van der Waals surface area contributed by atoms with Gasteiger partial charge in [-0.2, -0.15) is 0 Å². The first-order valence-corrected chi connectivity index (χ1v) is 8.20. The van der Waals surface area contributed by atoms with Gasteiger partial charge in [0.25, 0.3) is 0 Å².